The molecule has 0 radical (unpaired) electrons. The lowest BCUT2D eigenvalue weighted by Gasteiger charge is -2.12. The van der Waals surface area contributed by atoms with Gasteiger partial charge in [-0.25, -0.2) is 0 Å². The smallest absolute Gasteiger partial charge is 0.221 e. The van der Waals surface area contributed by atoms with Crippen molar-refractivity contribution in [3.8, 4) is 0 Å². The van der Waals surface area contributed by atoms with Crippen molar-refractivity contribution in [1.82, 2.24) is 10.2 Å². The van der Waals surface area contributed by atoms with E-state index in [4.69, 9.17) is 0 Å². The van der Waals surface area contributed by atoms with Crippen LogP contribution >= 0.6 is 0 Å². The summed E-state index contributed by atoms with van der Waals surface area (Å²) in [5.41, 5.74) is 3.36. The van der Waals surface area contributed by atoms with Gasteiger partial charge in [-0.2, -0.15) is 0 Å². The molecule has 0 bridgehead atoms. The Kier molecular flexibility index (Phi) is 5.08. The first-order valence-corrected chi connectivity index (χ1v) is 8.31. The van der Waals surface area contributed by atoms with E-state index in [1.807, 2.05) is 61.5 Å². The topological polar surface area (TPSA) is 66.9 Å². The molecule has 0 aliphatic rings. The van der Waals surface area contributed by atoms with Crippen molar-refractivity contribution in [2.75, 3.05) is 10.6 Å². The Bertz CT molecular complexity index is 991. The van der Waals surface area contributed by atoms with Gasteiger partial charge < -0.3 is 10.6 Å². The lowest BCUT2D eigenvalue weighted by molar-refractivity contribution is -0.114. The first-order chi connectivity index (χ1) is 12.6. The minimum absolute atomic E-state index is 0.0971. The number of allylic oxidation sites excluding steroid dienone is 3. The molecular weight excluding hydrogens is 324 g/mol. The molecule has 0 saturated heterocycles. The Labute approximate surface area is 152 Å². The van der Waals surface area contributed by atoms with Crippen LogP contribution < -0.4 is 10.6 Å². The Morgan fingerprint density at radius 2 is 1.65 bits per heavy atom. The summed E-state index contributed by atoms with van der Waals surface area (Å²) in [6, 6.07) is 15.4. The van der Waals surface area contributed by atoms with Crippen molar-refractivity contribution < 1.29 is 4.79 Å². The molecule has 0 aliphatic carbocycles. The van der Waals surface area contributed by atoms with Crippen molar-refractivity contribution in [3.05, 3.63) is 73.0 Å². The van der Waals surface area contributed by atoms with Gasteiger partial charge in [0.25, 0.3) is 0 Å². The van der Waals surface area contributed by atoms with Crippen LogP contribution in [-0.4, -0.2) is 16.1 Å². The molecule has 0 aliphatic heterocycles. The molecule has 2 aromatic carbocycles. The Morgan fingerprint density at radius 3 is 2.27 bits per heavy atom. The number of hydrogen-bond acceptors (Lipinski definition) is 4. The Hall–Kier alpha value is -3.47. The maximum Gasteiger partial charge on any atom is 0.221 e. The first kappa shape index (κ1) is 17.4. The molecule has 1 amide bonds. The minimum atomic E-state index is -0.0971. The van der Waals surface area contributed by atoms with E-state index in [0.29, 0.717) is 5.82 Å². The highest BCUT2D eigenvalue weighted by atomic mass is 16.1. The first-order valence-electron chi connectivity index (χ1n) is 8.31. The van der Waals surface area contributed by atoms with Gasteiger partial charge >= 0.3 is 0 Å². The number of anilines is 3. The van der Waals surface area contributed by atoms with E-state index in [1.165, 1.54) is 6.92 Å². The molecule has 0 unspecified atom stereocenters. The second-order valence-electron chi connectivity index (χ2n) is 5.77. The fraction of sp³-hybridized carbons (Fsp3) is 0.0952. The van der Waals surface area contributed by atoms with Crippen LogP contribution in [0.3, 0.4) is 0 Å². The number of hydrogen-bond donors (Lipinski definition) is 2. The number of carbonyl (C=O) groups is 1. The molecular formula is C21H20N4O. The summed E-state index contributed by atoms with van der Waals surface area (Å²) in [5.74, 6) is 0.580. The van der Waals surface area contributed by atoms with Crippen molar-refractivity contribution in [3.63, 3.8) is 0 Å². The van der Waals surface area contributed by atoms with Crippen LogP contribution in [0, 0.1) is 0 Å². The quantitative estimate of drug-likeness (QED) is 0.645. The molecule has 0 atom stereocenters. The second-order valence-corrected chi connectivity index (χ2v) is 5.77. The number of benzene rings is 2. The molecule has 3 rings (SSSR count). The largest absolute Gasteiger partial charge is 0.338 e. The van der Waals surface area contributed by atoms with Crippen LogP contribution in [-0.2, 0) is 4.79 Å². The summed E-state index contributed by atoms with van der Waals surface area (Å²) in [6.45, 7) is 7.29. The molecule has 0 spiro atoms. The fourth-order valence-electron chi connectivity index (χ4n) is 2.74. The monoisotopic (exact) mass is 344 g/mol. The van der Waals surface area contributed by atoms with Crippen molar-refractivity contribution in [2.45, 2.75) is 13.8 Å². The van der Waals surface area contributed by atoms with Crippen molar-refractivity contribution in [2.24, 2.45) is 0 Å². The molecule has 0 saturated carbocycles. The van der Waals surface area contributed by atoms with Crippen LogP contribution in [0.4, 0.5) is 17.2 Å². The molecule has 5 heteroatoms. The summed E-state index contributed by atoms with van der Waals surface area (Å²) >= 11 is 0. The Morgan fingerprint density at radius 1 is 1.00 bits per heavy atom. The van der Waals surface area contributed by atoms with Gasteiger partial charge in [-0.15, -0.1) is 10.2 Å². The van der Waals surface area contributed by atoms with E-state index in [-0.39, 0.29) is 5.91 Å². The zero-order chi connectivity index (χ0) is 18.5. The van der Waals surface area contributed by atoms with Gasteiger partial charge in [0.15, 0.2) is 5.82 Å². The van der Waals surface area contributed by atoms with E-state index in [0.717, 1.165) is 33.4 Å². The molecule has 130 valence electrons. The lowest BCUT2D eigenvalue weighted by atomic mass is 10.0. The van der Waals surface area contributed by atoms with Crippen molar-refractivity contribution in [1.29, 1.82) is 0 Å². The Balaban J connectivity index is 1.97. The maximum absolute atomic E-state index is 11.1. The zero-order valence-electron chi connectivity index (χ0n) is 14.8. The van der Waals surface area contributed by atoms with Gasteiger partial charge in [-0.3, -0.25) is 4.79 Å². The number of fused-ring (bicyclic) bond motifs is 1. The van der Waals surface area contributed by atoms with Crippen molar-refractivity contribution >= 4 is 39.4 Å². The normalized spacial score (nSPS) is 11.2. The van der Waals surface area contributed by atoms with Gasteiger partial charge in [-0.05, 0) is 36.8 Å². The van der Waals surface area contributed by atoms with Gasteiger partial charge in [0.1, 0.15) is 5.69 Å². The number of nitrogens with one attached hydrogen (secondary N) is 2. The predicted octanol–water partition coefficient (Wildman–Crippen LogP) is 4.92. The average Bonchev–Trinajstić information content (AvgIpc) is 2.65. The summed E-state index contributed by atoms with van der Waals surface area (Å²) in [5, 5.41) is 16.8. The van der Waals surface area contributed by atoms with Crippen LogP contribution in [0.15, 0.2) is 67.3 Å². The van der Waals surface area contributed by atoms with E-state index in [1.54, 1.807) is 6.08 Å². The van der Waals surface area contributed by atoms with E-state index < -0.39 is 0 Å². The second kappa shape index (κ2) is 7.61. The lowest BCUT2D eigenvalue weighted by Crippen LogP contribution is -2.05. The molecule has 2 N–H and O–H groups in total. The summed E-state index contributed by atoms with van der Waals surface area (Å²) in [6.07, 6.45) is 3.75. The van der Waals surface area contributed by atoms with E-state index in [2.05, 4.69) is 27.4 Å². The van der Waals surface area contributed by atoms with Crippen LogP contribution in [0.5, 0.6) is 0 Å². The number of nitrogens with zero attached hydrogens (tertiary/aromatic N) is 2. The summed E-state index contributed by atoms with van der Waals surface area (Å²) in [7, 11) is 0. The third-order valence-electron chi connectivity index (χ3n) is 3.96. The fourth-order valence-corrected chi connectivity index (χ4v) is 2.74. The third-order valence-corrected chi connectivity index (χ3v) is 3.96. The van der Waals surface area contributed by atoms with Crippen LogP contribution in [0.25, 0.3) is 16.3 Å². The molecule has 1 aromatic heterocycles. The zero-order valence-corrected chi connectivity index (χ0v) is 14.8. The van der Waals surface area contributed by atoms with Gasteiger partial charge in [0, 0.05) is 29.1 Å². The summed E-state index contributed by atoms with van der Waals surface area (Å²) < 4.78 is 0. The minimum Gasteiger partial charge on any atom is -0.338 e. The SMILES string of the molecule is C=C/C(=C\C)c1nnc(Nc2ccc(NC(C)=O)cc2)c2ccccc12. The van der Waals surface area contributed by atoms with E-state index >= 15 is 0 Å². The molecule has 0 fully saturated rings. The standard InChI is InChI=1S/C21H20N4O/c1-4-15(5-2)20-18-8-6-7-9-19(18)21(25-24-20)23-17-12-10-16(11-13-17)22-14(3)26/h4-13H,1H2,2-3H3,(H,22,26)(H,23,25)/b15-5+. The summed E-state index contributed by atoms with van der Waals surface area (Å²) in [4.78, 5) is 11.1. The predicted molar refractivity (Wildman–Crippen MR) is 107 cm³/mol. The van der Waals surface area contributed by atoms with Crippen LogP contribution in [0.2, 0.25) is 0 Å². The van der Waals surface area contributed by atoms with Gasteiger partial charge in [0.05, 0.1) is 0 Å². The highest BCUT2D eigenvalue weighted by molar-refractivity contribution is 6.00. The molecule has 5 nitrogen and oxygen atoms in total. The third kappa shape index (κ3) is 3.62. The number of amides is 1. The highest BCUT2D eigenvalue weighted by Gasteiger charge is 2.11. The molecule has 1 heterocycles. The highest BCUT2D eigenvalue weighted by Crippen LogP contribution is 2.29. The molecule has 26 heavy (non-hydrogen) atoms. The number of aromatic nitrogens is 2. The van der Waals surface area contributed by atoms with E-state index in [9.17, 15) is 4.79 Å². The van der Waals surface area contributed by atoms with Gasteiger partial charge in [0.2, 0.25) is 5.91 Å². The molecule has 3 aromatic rings. The number of carbonyl (C=O) groups excluding carboxylic acids is 1. The van der Waals surface area contributed by atoms with Gasteiger partial charge in [-0.1, -0.05) is 43.0 Å². The van der Waals surface area contributed by atoms with Crippen LogP contribution in [0.1, 0.15) is 19.5 Å². The average molecular weight is 344 g/mol. The number of rotatable bonds is 5. The maximum atomic E-state index is 11.1.